The molecule has 0 aromatic rings. The second-order valence-corrected chi connectivity index (χ2v) is 5.32. The molecule has 17 heavy (non-hydrogen) atoms. The average Bonchev–Trinajstić information content (AvgIpc) is 2.51. The van der Waals surface area contributed by atoms with Gasteiger partial charge in [-0.2, -0.15) is 0 Å². The molecule has 1 N–H and O–H groups in total. The molecule has 2 aliphatic heterocycles. The molecule has 98 valence electrons. The number of hydrogen-bond donors (Lipinski definition) is 1. The van der Waals surface area contributed by atoms with E-state index in [9.17, 15) is 9.90 Å². The minimum atomic E-state index is -0.140. The molecule has 3 atom stereocenters. The summed E-state index contributed by atoms with van der Waals surface area (Å²) in [6.45, 7) is 4.39. The van der Waals surface area contributed by atoms with Crippen LogP contribution in [0.3, 0.4) is 0 Å². The van der Waals surface area contributed by atoms with Crippen LogP contribution in [-0.2, 0) is 9.53 Å². The number of hydrogen-bond acceptors (Lipinski definition) is 4. The van der Waals surface area contributed by atoms with Crippen molar-refractivity contribution in [3.05, 3.63) is 0 Å². The van der Waals surface area contributed by atoms with Gasteiger partial charge in [0.25, 0.3) is 0 Å². The van der Waals surface area contributed by atoms with Gasteiger partial charge >= 0.3 is 5.97 Å². The Morgan fingerprint density at radius 2 is 2.00 bits per heavy atom. The molecule has 2 saturated heterocycles. The predicted octanol–water partition coefficient (Wildman–Crippen LogP) is 1.32. The van der Waals surface area contributed by atoms with Crippen molar-refractivity contribution in [3.8, 4) is 0 Å². The van der Waals surface area contributed by atoms with Crippen LogP contribution < -0.4 is 0 Å². The lowest BCUT2D eigenvalue weighted by Gasteiger charge is -2.40. The summed E-state index contributed by atoms with van der Waals surface area (Å²) < 4.78 is 5.00. The molecule has 0 radical (unpaired) electrons. The third-order valence-corrected chi connectivity index (χ3v) is 4.04. The summed E-state index contributed by atoms with van der Waals surface area (Å²) in [5, 5.41) is 9.74. The van der Waals surface area contributed by atoms with E-state index in [0.29, 0.717) is 25.1 Å². The van der Waals surface area contributed by atoms with Gasteiger partial charge in [0.15, 0.2) is 0 Å². The van der Waals surface area contributed by atoms with Gasteiger partial charge in [-0.25, -0.2) is 0 Å². The fourth-order valence-electron chi connectivity index (χ4n) is 3.47. The molecule has 2 bridgehead atoms. The maximum absolute atomic E-state index is 11.5. The second kappa shape index (κ2) is 5.36. The lowest BCUT2D eigenvalue weighted by atomic mass is 9.97. The van der Waals surface area contributed by atoms with Gasteiger partial charge in [0, 0.05) is 18.1 Å². The minimum Gasteiger partial charge on any atom is -0.466 e. The summed E-state index contributed by atoms with van der Waals surface area (Å²) in [5.74, 6) is -0.106. The molecule has 0 aliphatic carbocycles. The third-order valence-electron chi connectivity index (χ3n) is 4.04. The first-order valence-corrected chi connectivity index (χ1v) is 6.73. The van der Waals surface area contributed by atoms with Gasteiger partial charge in [-0.1, -0.05) is 0 Å². The van der Waals surface area contributed by atoms with E-state index in [1.54, 1.807) is 0 Å². The van der Waals surface area contributed by atoms with Crippen molar-refractivity contribution in [2.45, 2.75) is 70.2 Å². The van der Waals surface area contributed by atoms with E-state index in [-0.39, 0.29) is 18.1 Å². The highest BCUT2D eigenvalue weighted by Gasteiger charge is 2.42. The van der Waals surface area contributed by atoms with Gasteiger partial charge in [0.05, 0.1) is 19.1 Å². The number of carbonyl (C=O) groups excluding carboxylic acids is 1. The van der Waals surface area contributed by atoms with Crippen LogP contribution in [0.5, 0.6) is 0 Å². The molecule has 2 fully saturated rings. The number of piperidine rings is 1. The Hall–Kier alpha value is -0.610. The average molecular weight is 241 g/mol. The largest absolute Gasteiger partial charge is 0.466 e. The fraction of sp³-hybridized carbons (Fsp3) is 0.923. The van der Waals surface area contributed by atoms with Crippen LogP contribution in [-0.4, -0.2) is 46.8 Å². The van der Waals surface area contributed by atoms with Crippen LogP contribution in [0.2, 0.25) is 0 Å². The molecule has 0 aromatic heterocycles. The van der Waals surface area contributed by atoms with Crippen molar-refractivity contribution < 1.29 is 14.6 Å². The Kier molecular flexibility index (Phi) is 4.05. The van der Waals surface area contributed by atoms with Crippen LogP contribution in [0.4, 0.5) is 0 Å². The molecular formula is C13H23NO3. The molecular weight excluding hydrogens is 218 g/mol. The highest BCUT2D eigenvalue weighted by molar-refractivity contribution is 5.70. The number of esters is 1. The molecule has 2 rings (SSSR count). The van der Waals surface area contributed by atoms with Crippen molar-refractivity contribution in [1.82, 2.24) is 4.90 Å². The number of carbonyl (C=O) groups is 1. The first kappa shape index (κ1) is 12.8. The summed E-state index contributed by atoms with van der Waals surface area (Å²) in [4.78, 5) is 13.9. The number of aliphatic hydroxyl groups excluding tert-OH is 1. The van der Waals surface area contributed by atoms with Gasteiger partial charge in [0.1, 0.15) is 0 Å². The van der Waals surface area contributed by atoms with Crippen LogP contribution in [0.25, 0.3) is 0 Å². The van der Waals surface area contributed by atoms with Gasteiger partial charge in [-0.05, 0) is 39.5 Å². The maximum atomic E-state index is 11.5. The molecule has 0 aromatic carbocycles. The topological polar surface area (TPSA) is 49.8 Å². The zero-order chi connectivity index (χ0) is 12.4. The number of nitrogens with zero attached hydrogens (tertiary/aromatic N) is 1. The van der Waals surface area contributed by atoms with Gasteiger partial charge in [-0.3, -0.25) is 9.69 Å². The molecule has 0 saturated carbocycles. The van der Waals surface area contributed by atoms with E-state index < -0.39 is 0 Å². The van der Waals surface area contributed by atoms with Crippen molar-refractivity contribution in [3.63, 3.8) is 0 Å². The van der Waals surface area contributed by atoms with Crippen LogP contribution >= 0.6 is 0 Å². The van der Waals surface area contributed by atoms with E-state index >= 15 is 0 Å². The molecule has 4 heteroatoms. The SMILES string of the molecule is CCOC(=O)C[C@@H](C)N1[C@H]2CC[C@H]1CC(O)C2. The highest BCUT2D eigenvalue weighted by Crippen LogP contribution is 2.37. The quantitative estimate of drug-likeness (QED) is 0.754. The zero-order valence-corrected chi connectivity index (χ0v) is 10.8. The van der Waals surface area contributed by atoms with E-state index in [2.05, 4.69) is 11.8 Å². The van der Waals surface area contributed by atoms with E-state index in [4.69, 9.17) is 4.74 Å². The minimum absolute atomic E-state index is 0.106. The summed E-state index contributed by atoms with van der Waals surface area (Å²) in [7, 11) is 0. The van der Waals surface area contributed by atoms with Crippen LogP contribution in [0.15, 0.2) is 0 Å². The molecule has 0 amide bonds. The third kappa shape index (κ3) is 2.80. The number of ether oxygens (including phenoxy) is 1. The lowest BCUT2D eigenvalue weighted by Crippen LogP contribution is -2.49. The second-order valence-electron chi connectivity index (χ2n) is 5.32. The standard InChI is InChI=1S/C13H23NO3/c1-3-17-13(16)6-9(2)14-10-4-5-11(14)8-12(15)7-10/h9-12,15H,3-8H2,1-2H3/t9-,10+,11+/m1/s1. The molecule has 0 unspecified atom stereocenters. The van der Waals surface area contributed by atoms with Crippen molar-refractivity contribution in [2.24, 2.45) is 0 Å². The molecule has 4 nitrogen and oxygen atoms in total. The summed E-state index contributed by atoms with van der Waals surface area (Å²) >= 11 is 0. The van der Waals surface area contributed by atoms with E-state index in [1.807, 2.05) is 6.92 Å². The highest BCUT2D eigenvalue weighted by atomic mass is 16.5. The Morgan fingerprint density at radius 1 is 1.41 bits per heavy atom. The fourth-order valence-corrected chi connectivity index (χ4v) is 3.47. The first-order valence-electron chi connectivity index (χ1n) is 6.73. The Bertz CT molecular complexity index is 268. The Labute approximate surface area is 103 Å². The van der Waals surface area contributed by atoms with E-state index in [1.165, 1.54) is 0 Å². The number of fused-ring (bicyclic) bond motifs is 2. The number of rotatable bonds is 4. The Balaban J connectivity index is 1.91. The predicted molar refractivity (Wildman–Crippen MR) is 64.6 cm³/mol. The Morgan fingerprint density at radius 3 is 2.53 bits per heavy atom. The smallest absolute Gasteiger partial charge is 0.307 e. The maximum Gasteiger partial charge on any atom is 0.307 e. The summed E-state index contributed by atoms with van der Waals surface area (Å²) in [6, 6.07) is 1.17. The van der Waals surface area contributed by atoms with Crippen molar-refractivity contribution >= 4 is 5.97 Å². The van der Waals surface area contributed by atoms with Gasteiger partial charge in [0.2, 0.25) is 0 Å². The zero-order valence-electron chi connectivity index (χ0n) is 10.8. The normalized spacial score (nSPS) is 34.6. The monoisotopic (exact) mass is 241 g/mol. The van der Waals surface area contributed by atoms with Crippen LogP contribution in [0, 0.1) is 0 Å². The van der Waals surface area contributed by atoms with Gasteiger partial charge in [-0.15, -0.1) is 0 Å². The lowest BCUT2D eigenvalue weighted by molar-refractivity contribution is -0.145. The van der Waals surface area contributed by atoms with Crippen molar-refractivity contribution in [2.75, 3.05) is 6.61 Å². The summed E-state index contributed by atoms with van der Waals surface area (Å²) in [5.41, 5.74) is 0. The molecule has 0 spiro atoms. The van der Waals surface area contributed by atoms with Crippen LogP contribution in [0.1, 0.15) is 46.0 Å². The number of aliphatic hydroxyl groups is 1. The van der Waals surface area contributed by atoms with E-state index in [0.717, 1.165) is 25.7 Å². The first-order chi connectivity index (χ1) is 8.11. The molecule has 2 heterocycles. The van der Waals surface area contributed by atoms with Crippen molar-refractivity contribution in [1.29, 1.82) is 0 Å². The molecule has 2 aliphatic rings. The van der Waals surface area contributed by atoms with Gasteiger partial charge < -0.3 is 9.84 Å². The summed E-state index contributed by atoms with van der Waals surface area (Å²) in [6.07, 6.45) is 4.38.